The molecule has 11 heteroatoms. The number of carboxylic acid groups (broad SMARTS) is 1. The number of piperidine rings is 2. The molecular weight excluding hydrogens is 411 g/mol. The molecule has 2 saturated heterocycles. The highest BCUT2D eigenvalue weighted by molar-refractivity contribution is 6.00. The van der Waals surface area contributed by atoms with E-state index in [0.29, 0.717) is 5.52 Å². The van der Waals surface area contributed by atoms with Gasteiger partial charge in [-0.05, 0) is 25.3 Å². The van der Waals surface area contributed by atoms with Gasteiger partial charge in [0.25, 0.3) is 0 Å². The maximum Gasteiger partial charge on any atom is 0.329 e. The Bertz CT molecular complexity index is 1140. The van der Waals surface area contributed by atoms with Gasteiger partial charge in [0.1, 0.15) is 11.9 Å². The van der Waals surface area contributed by atoms with Crippen LogP contribution in [0.1, 0.15) is 38.1 Å². The fraction of sp³-hybridized carbons (Fsp3) is 0.500. The molecular formula is C20H23FN4O6. The molecule has 0 spiro atoms. The van der Waals surface area contributed by atoms with Crippen LogP contribution in [0.5, 0.6) is 0 Å². The molecule has 3 N–H and O–H groups in total. The highest BCUT2D eigenvalue weighted by Crippen LogP contribution is 2.33. The molecule has 1 unspecified atom stereocenters. The van der Waals surface area contributed by atoms with Gasteiger partial charge in [-0.3, -0.25) is 28.8 Å². The van der Waals surface area contributed by atoms with E-state index in [2.05, 4.69) is 5.32 Å². The SMILES string of the molecule is Cn1c(=O)n(C2CCC(=O)NC2=O)c2cc(F)c(N3CCC(O)(CC(=O)O)CC3)cc21. The number of aliphatic hydroxyl groups is 1. The molecule has 166 valence electrons. The highest BCUT2D eigenvalue weighted by atomic mass is 19.1. The predicted molar refractivity (Wildman–Crippen MR) is 107 cm³/mol. The third kappa shape index (κ3) is 3.69. The number of fused-ring (bicyclic) bond motifs is 1. The number of aryl methyl sites for hydroxylation is 1. The number of amides is 2. The lowest BCUT2D eigenvalue weighted by molar-refractivity contribution is -0.143. The Morgan fingerprint density at radius 1 is 1.23 bits per heavy atom. The summed E-state index contributed by atoms with van der Waals surface area (Å²) in [6.45, 7) is 0.516. The number of carbonyl (C=O) groups is 3. The normalized spacial score (nSPS) is 21.4. The fourth-order valence-corrected chi connectivity index (χ4v) is 4.46. The van der Waals surface area contributed by atoms with Crippen molar-refractivity contribution in [1.29, 1.82) is 0 Å². The second kappa shape index (κ2) is 7.49. The summed E-state index contributed by atoms with van der Waals surface area (Å²) in [5.41, 5.74) is -0.901. The van der Waals surface area contributed by atoms with Gasteiger partial charge in [-0.15, -0.1) is 0 Å². The summed E-state index contributed by atoms with van der Waals surface area (Å²) in [5, 5.41) is 21.6. The van der Waals surface area contributed by atoms with Crippen LogP contribution in [0, 0.1) is 5.82 Å². The minimum Gasteiger partial charge on any atom is -0.481 e. The first-order valence-electron chi connectivity index (χ1n) is 10.0. The number of hydrogen-bond donors (Lipinski definition) is 3. The van der Waals surface area contributed by atoms with E-state index in [-0.39, 0.29) is 56.4 Å². The molecule has 0 bridgehead atoms. The lowest BCUT2D eigenvalue weighted by Crippen LogP contribution is -2.45. The van der Waals surface area contributed by atoms with Crippen molar-refractivity contribution in [1.82, 2.24) is 14.5 Å². The lowest BCUT2D eigenvalue weighted by Gasteiger charge is -2.38. The number of hydrogen-bond acceptors (Lipinski definition) is 6. The van der Waals surface area contributed by atoms with Gasteiger partial charge in [-0.2, -0.15) is 0 Å². The molecule has 1 aromatic carbocycles. The molecule has 2 aromatic rings. The van der Waals surface area contributed by atoms with Crippen LogP contribution in [-0.2, 0) is 21.4 Å². The van der Waals surface area contributed by atoms with Gasteiger partial charge >= 0.3 is 11.7 Å². The number of nitrogens with one attached hydrogen (secondary N) is 1. The standard InChI is InChI=1S/C20H23FN4O6/c1-23-14-9-13(24-6-4-20(31,5-7-24)10-17(27)28)11(21)8-15(14)25(19(23)30)12-2-3-16(26)22-18(12)29/h8-9,12,31H,2-7,10H2,1H3,(H,27,28)(H,22,26,29). The van der Waals surface area contributed by atoms with Crippen LogP contribution < -0.4 is 15.9 Å². The monoisotopic (exact) mass is 434 g/mol. The second-order valence-corrected chi connectivity index (χ2v) is 8.25. The number of rotatable bonds is 4. The van der Waals surface area contributed by atoms with E-state index < -0.39 is 40.9 Å². The van der Waals surface area contributed by atoms with E-state index in [9.17, 15) is 24.3 Å². The molecule has 2 fully saturated rings. The average Bonchev–Trinajstić information content (AvgIpc) is 2.91. The van der Waals surface area contributed by atoms with Crippen LogP contribution in [0.25, 0.3) is 11.0 Å². The van der Waals surface area contributed by atoms with Crippen molar-refractivity contribution in [2.75, 3.05) is 18.0 Å². The summed E-state index contributed by atoms with van der Waals surface area (Å²) >= 11 is 0. The highest BCUT2D eigenvalue weighted by Gasteiger charge is 2.36. The molecule has 1 aromatic heterocycles. The Morgan fingerprint density at radius 2 is 1.90 bits per heavy atom. The van der Waals surface area contributed by atoms with Crippen LogP contribution in [0.3, 0.4) is 0 Å². The first-order chi connectivity index (χ1) is 14.6. The van der Waals surface area contributed by atoms with Crippen LogP contribution in [0.2, 0.25) is 0 Å². The van der Waals surface area contributed by atoms with Gasteiger partial charge in [0.05, 0.1) is 28.7 Å². The van der Waals surface area contributed by atoms with Gasteiger partial charge in [0, 0.05) is 32.6 Å². The number of benzene rings is 1. The van der Waals surface area contributed by atoms with Gasteiger partial charge in [0.2, 0.25) is 11.8 Å². The van der Waals surface area contributed by atoms with E-state index in [1.807, 2.05) is 0 Å². The van der Waals surface area contributed by atoms with E-state index in [1.54, 1.807) is 4.90 Å². The minimum atomic E-state index is -1.33. The lowest BCUT2D eigenvalue weighted by atomic mass is 9.88. The second-order valence-electron chi connectivity index (χ2n) is 8.25. The summed E-state index contributed by atoms with van der Waals surface area (Å²) in [6.07, 6.45) is 0.222. The zero-order valence-electron chi connectivity index (χ0n) is 16.9. The van der Waals surface area contributed by atoms with Crippen molar-refractivity contribution in [2.45, 2.75) is 43.7 Å². The van der Waals surface area contributed by atoms with Crippen molar-refractivity contribution in [2.24, 2.45) is 7.05 Å². The number of nitrogens with zero attached hydrogens (tertiary/aromatic N) is 3. The zero-order chi connectivity index (χ0) is 22.5. The maximum absolute atomic E-state index is 15.1. The van der Waals surface area contributed by atoms with Crippen molar-refractivity contribution in [3.05, 3.63) is 28.4 Å². The minimum absolute atomic E-state index is 0.0901. The van der Waals surface area contributed by atoms with Crippen LogP contribution in [0.15, 0.2) is 16.9 Å². The number of aromatic nitrogens is 2. The smallest absolute Gasteiger partial charge is 0.329 e. The fourth-order valence-electron chi connectivity index (χ4n) is 4.46. The topological polar surface area (TPSA) is 134 Å². The average molecular weight is 434 g/mol. The van der Waals surface area contributed by atoms with Crippen molar-refractivity contribution >= 4 is 34.5 Å². The molecule has 4 rings (SSSR count). The molecule has 1 atom stereocenters. The third-order valence-corrected chi connectivity index (χ3v) is 6.19. The third-order valence-electron chi connectivity index (χ3n) is 6.19. The van der Waals surface area contributed by atoms with Gasteiger partial charge in [-0.25, -0.2) is 9.18 Å². The molecule has 2 amide bonds. The van der Waals surface area contributed by atoms with Gasteiger partial charge in [-0.1, -0.05) is 0 Å². The molecule has 0 saturated carbocycles. The summed E-state index contributed by atoms with van der Waals surface area (Å²) in [6, 6.07) is 1.82. The molecule has 0 radical (unpaired) electrons. The number of aliphatic carboxylic acids is 1. The summed E-state index contributed by atoms with van der Waals surface area (Å²) in [4.78, 5) is 49.2. The van der Waals surface area contributed by atoms with Crippen molar-refractivity contribution < 1.29 is 29.0 Å². The van der Waals surface area contributed by atoms with E-state index >= 15 is 4.39 Å². The summed E-state index contributed by atoms with van der Waals surface area (Å²) in [7, 11) is 1.52. The number of carboxylic acids is 1. The quantitative estimate of drug-likeness (QED) is 0.588. The van der Waals surface area contributed by atoms with E-state index in [1.165, 1.54) is 28.3 Å². The van der Waals surface area contributed by atoms with Crippen molar-refractivity contribution in [3.63, 3.8) is 0 Å². The Hall–Kier alpha value is -3.21. The number of imidazole rings is 1. The summed E-state index contributed by atoms with van der Waals surface area (Å²) < 4.78 is 17.6. The Kier molecular flexibility index (Phi) is 5.08. The van der Waals surface area contributed by atoms with E-state index in [4.69, 9.17) is 5.11 Å². The first kappa shape index (κ1) is 21.0. The number of anilines is 1. The summed E-state index contributed by atoms with van der Waals surface area (Å²) in [5.74, 6) is -2.68. The number of carbonyl (C=O) groups excluding carboxylic acids is 2. The predicted octanol–water partition coefficient (Wildman–Crippen LogP) is 0.263. The van der Waals surface area contributed by atoms with Crippen LogP contribution >= 0.6 is 0 Å². The Labute approximate surface area is 175 Å². The van der Waals surface area contributed by atoms with Crippen LogP contribution in [0.4, 0.5) is 10.1 Å². The first-order valence-corrected chi connectivity index (χ1v) is 10.0. The van der Waals surface area contributed by atoms with Gasteiger partial charge < -0.3 is 15.1 Å². The molecule has 2 aliphatic heterocycles. The molecule has 3 heterocycles. The van der Waals surface area contributed by atoms with Gasteiger partial charge in [0.15, 0.2) is 0 Å². The Morgan fingerprint density at radius 3 is 2.52 bits per heavy atom. The Balaban J connectivity index is 1.68. The van der Waals surface area contributed by atoms with Crippen molar-refractivity contribution in [3.8, 4) is 0 Å². The number of imide groups is 1. The molecule has 0 aliphatic carbocycles. The molecule has 31 heavy (non-hydrogen) atoms. The molecule has 10 nitrogen and oxygen atoms in total. The largest absolute Gasteiger partial charge is 0.481 e. The van der Waals surface area contributed by atoms with Crippen LogP contribution in [-0.4, -0.2) is 55.8 Å². The maximum atomic E-state index is 15.1. The zero-order valence-corrected chi connectivity index (χ0v) is 16.9. The number of halogens is 1. The molecule has 2 aliphatic rings. The van der Waals surface area contributed by atoms with E-state index in [0.717, 1.165) is 0 Å².